The number of carbonyl (C=O) groups excluding carboxylic acids is 3. The van der Waals surface area contributed by atoms with Gasteiger partial charge in [-0.2, -0.15) is 5.01 Å². The van der Waals surface area contributed by atoms with Crippen molar-refractivity contribution in [1.82, 2.24) is 15.8 Å². The van der Waals surface area contributed by atoms with Crippen molar-refractivity contribution in [3.63, 3.8) is 0 Å². The van der Waals surface area contributed by atoms with Crippen LogP contribution in [0.25, 0.3) is 11.1 Å². The highest BCUT2D eigenvalue weighted by atomic mass is 16.2. The van der Waals surface area contributed by atoms with Gasteiger partial charge in [0.15, 0.2) is 0 Å². The summed E-state index contributed by atoms with van der Waals surface area (Å²) in [5.74, 6) is -0.700. The van der Waals surface area contributed by atoms with Gasteiger partial charge < -0.3 is 10.2 Å². The summed E-state index contributed by atoms with van der Waals surface area (Å²) in [7, 11) is 1.93. The van der Waals surface area contributed by atoms with E-state index in [0.29, 0.717) is 19.4 Å². The number of nitrogens with one attached hydrogen (secondary N) is 2. The normalized spacial score (nSPS) is 17.5. The minimum absolute atomic E-state index is 0.156. The van der Waals surface area contributed by atoms with Gasteiger partial charge in [-0.05, 0) is 24.5 Å². The molecular formula is C24H28N4O3. The van der Waals surface area contributed by atoms with Crippen LogP contribution in [0, 0.1) is 0 Å². The topological polar surface area (TPSA) is 81.8 Å². The van der Waals surface area contributed by atoms with Crippen molar-refractivity contribution in [2.45, 2.75) is 44.1 Å². The van der Waals surface area contributed by atoms with Crippen molar-refractivity contribution in [2.75, 3.05) is 18.5 Å². The van der Waals surface area contributed by atoms with Crippen LogP contribution in [0.4, 0.5) is 10.5 Å². The quantitative estimate of drug-likeness (QED) is 0.701. The Labute approximate surface area is 182 Å². The fraction of sp³-hybridized carbons (Fsp3) is 0.375. The molecular weight excluding hydrogens is 392 g/mol. The molecule has 162 valence electrons. The minimum Gasteiger partial charge on any atom is -0.374 e. The molecule has 2 N–H and O–H groups in total. The number of urea groups is 1. The van der Waals surface area contributed by atoms with Crippen LogP contribution in [0.3, 0.4) is 0 Å². The molecule has 2 fully saturated rings. The largest absolute Gasteiger partial charge is 0.374 e. The van der Waals surface area contributed by atoms with Crippen molar-refractivity contribution in [2.24, 2.45) is 0 Å². The number of nitrogens with zero attached hydrogens (tertiary/aromatic N) is 2. The van der Waals surface area contributed by atoms with Crippen molar-refractivity contribution in [3.05, 3.63) is 54.6 Å². The molecule has 1 saturated carbocycles. The third kappa shape index (κ3) is 4.26. The van der Waals surface area contributed by atoms with Crippen LogP contribution >= 0.6 is 0 Å². The van der Waals surface area contributed by atoms with Crippen LogP contribution < -0.4 is 15.6 Å². The van der Waals surface area contributed by atoms with Crippen LogP contribution in [0.2, 0.25) is 0 Å². The molecule has 7 nitrogen and oxygen atoms in total. The van der Waals surface area contributed by atoms with Gasteiger partial charge in [-0.1, -0.05) is 67.8 Å². The third-order valence-corrected chi connectivity index (χ3v) is 6.18. The molecule has 0 bridgehead atoms. The smallest absolute Gasteiger partial charge is 0.344 e. The molecule has 1 aliphatic heterocycles. The zero-order valence-corrected chi connectivity index (χ0v) is 17.8. The van der Waals surface area contributed by atoms with Crippen LogP contribution in [-0.2, 0) is 9.59 Å². The lowest BCUT2D eigenvalue weighted by Crippen LogP contribution is -2.51. The Morgan fingerprint density at radius 2 is 1.71 bits per heavy atom. The van der Waals surface area contributed by atoms with E-state index in [2.05, 4.69) is 28.9 Å². The van der Waals surface area contributed by atoms with Gasteiger partial charge in [0.05, 0.1) is 0 Å². The second kappa shape index (κ2) is 8.79. The number of hydrogen-bond acceptors (Lipinski definition) is 4. The van der Waals surface area contributed by atoms with Gasteiger partial charge in [0, 0.05) is 31.3 Å². The second-order valence-corrected chi connectivity index (χ2v) is 8.30. The molecule has 0 atom stereocenters. The van der Waals surface area contributed by atoms with Crippen molar-refractivity contribution in [1.29, 1.82) is 0 Å². The van der Waals surface area contributed by atoms with E-state index in [1.807, 2.05) is 48.3 Å². The molecule has 31 heavy (non-hydrogen) atoms. The molecule has 2 aromatic carbocycles. The first-order valence-corrected chi connectivity index (χ1v) is 10.8. The third-order valence-electron chi connectivity index (χ3n) is 6.18. The maximum absolute atomic E-state index is 12.8. The molecule has 7 heteroatoms. The summed E-state index contributed by atoms with van der Waals surface area (Å²) in [6, 6.07) is 17.6. The van der Waals surface area contributed by atoms with Gasteiger partial charge in [-0.3, -0.25) is 15.0 Å². The molecule has 0 aromatic heterocycles. The zero-order valence-electron chi connectivity index (χ0n) is 17.8. The summed E-state index contributed by atoms with van der Waals surface area (Å²) in [4.78, 5) is 39.7. The van der Waals surface area contributed by atoms with E-state index in [1.54, 1.807) is 0 Å². The Hall–Kier alpha value is -3.35. The standard InChI is InChI=1S/C24H28N4O3/c1-27(20-13-7-6-12-19(20)18-10-4-2-5-11-18)17-14-21(29)26-28-22(30)24(25-23(28)31)15-8-3-9-16-24/h2,4-7,10-13H,3,8-9,14-17H2,1H3,(H,25,31)(H,26,29). The lowest BCUT2D eigenvalue weighted by atomic mass is 9.82. The first-order chi connectivity index (χ1) is 15.0. The van der Waals surface area contributed by atoms with Crippen LogP contribution in [0.15, 0.2) is 54.6 Å². The van der Waals surface area contributed by atoms with Crippen LogP contribution in [-0.4, -0.2) is 42.0 Å². The van der Waals surface area contributed by atoms with Gasteiger partial charge in [0.2, 0.25) is 5.91 Å². The number of benzene rings is 2. The predicted octanol–water partition coefficient (Wildman–Crippen LogP) is 3.47. The number of imide groups is 1. The average Bonchev–Trinajstić information content (AvgIpc) is 3.02. The molecule has 2 aliphatic rings. The first kappa shape index (κ1) is 20.9. The number of rotatable bonds is 6. The molecule has 4 rings (SSSR count). The maximum Gasteiger partial charge on any atom is 0.344 e. The number of hydrogen-bond donors (Lipinski definition) is 2. The summed E-state index contributed by atoms with van der Waals surface area (Å²) in [5, 5.41) is 3.67. The summed E-state index contributed by atoms with van der Waals surface area (Å²) in [5.41, 5.74) is 4.87. The Bertz CT molecular complexity index is 970. The number of para-hydroxylation sites is 1. The zero-order chi connectivity index (χ0) is 21.8. The van der Waals surface area contributed by atoms with Gasteiger partial charge in [0.25, 0.3) is 5.91 Å². The molecule has 1 spiro atoms. The van der Waals surface area contributed by atoms with Gasteiger partial charge in [0.1, 0.15) is 5.54 Å². The van der Waals surface area contributed by atoms with Crippen molar-refractivity contribution < 1.29 is 14.4 Å². The fourth-order valence-electron chi connectivity index (χ4n) is 4.45. The molecule has 2 aromatic rings. The number of hydrazine groups is 1. The second-order valence-electron chi connectivity index (χ2n) is 8.30. The van der Waals surface area contributed by atoms with Crippen molar-refractivity contribution in [3.8, 4) is 11.1 Å². The van der Waals surface area contributed by atoms with Gasteiger partial charge in [-0.15, -0.1) is 0 Å². The summed E-state index contributed by atoms with van der Waals surface area (Å²) in [6.45, 7) is 0.449. The van der Waals surface area contributed by atoms with E-state index in [-0.39, 0.29) is 18.2 Å². The highest BCUT2D eigenvalue weighted by molar-refractivity contribution is 6.08. The highest BCUT2D eigenvalue weighted by Crippen LogP contribution is 2.33. The summed E-state index contributed by atoms with van der Waals surface area (Å²) >= 11 is 0. The van der Waals surface area contributed by atoms with Crippen molar-refractivity contribution >= 4 is 23.5 Å². The summed E-state index contributed by atoms with van der Waals surface area (Å²) in [6.07, 6.45) is 4.28. The van der Waals surface area contributed by atoms with Gasteiger partial charge in [-0.25, -0.2) is 4.79 Å². The fourth-order valence-corrected chi connectivity index (χ4v) is 4.45. The maximum atomic E-state index is 12.8. The molecule has 4 amide bonds. The molecule has 0 radical (unpaired) electrons. The molecule has 1 saturated heterocycles. The van der Waals surface area contributed by atoms with E-state index >= 15 is 0 Å². The van der Waals surface area contributed by atoms with Gasteiger partial charge >= 0.3 is 6.03 Å². The van der Waals surface area contributed by atoms with E-state index in [1.165, 1.54) is 0 Å². The number of anilines is 1. The Morgan fingerprint density at radius 3 is 2.45 bits per heavy atom. The van der Waals surface area contributed by atoms with E-state index in [4.69, 9.17) is 0 Å². The highest BCUT2D eigenvalue weighted by Gasteiger charge is 2.52. The molecule has 1 aliphatic carbocycles. The number of carbonyl (C=O) groups is 3. The lowest BCUT2D eigenvalue weighted by Gasteiger charge is -2.30. The van der Waals surface area contributed by atoms with E-state index in [9.17, 15) is 14.4 Å². The lowest BCUT2D eigenvalue weighted by molar-refractivity contribution is -0.139. The monoisotopic (exact) mass is 420 g/mol. The molecule has 1 heterocycles. The average molecular weight is 421 g/mol. The summed E-state index contributed by atoms with van der Waals surface area (Å²) < 4.78 is 0. The first-order valence-electron chi connectivity index (χ1n) is 10.8. The Balaban J connectivity index is 1.38. The van der Waals surface area contributed by atoms with Crippen LogP contribution in [0.1, 0.15) is 38.5 Å². The Kier molecular flexibility index (Phi) is 5.93. The number of amides is 4. The van der Waals surface area contributed by atoms with E-state index in [0.717, 1.165) is 41.1 Å². The Morgan fingerprint density at radius 1 is 1.03 bits per heavy atom. The predicted molar refractivity (Wildman–Crippen MR) is 119 cm³/mol. The SMILES string of the molecule is CN(CCC(=O)NN1C(=O)NC2(CCCCC2)C1=O)c1ccccc1-c1ccccc1. The molecule has 0 unspecified atom stereocenters. The van der Waals surface area contributed by atoms with E-state index < -0.39 is 11.6 Å². The minimum atomic E-state index is -0.839. The van der Waals surface area contributed by atoms with Crippen LogP contribution in [0.5, 0.6) is 0 Å².